The van der Waals surface area contributed by atoms with E-state index in [9.17, 15) is 4.79 Å². The normalized spacial score (nSPS) is 28.2. The number of hydrogen-bond donors (Lipinski definition) is 1. The minimum Gasteiger partial charge on any atom is -0.469 e. The van der Waals surface area contributed by atoms with Crippen molar-refractivity contribution in [1.82, 2.24) is 0 Å². The van der Waals surface area contributed by atoms with Gasteiger partial charge in [0.05, 0.1) is 13.0 Å². The zero-order valence-electron chi connectivity index (χ0n) is 6.58. The number of ether oxygens (including phenoxy) is 1. The van der Waals surface area contributed by atoms with E-state index in [0.29, 0.717) is 12.5 Å². The van der Waals surface area contributed by atoms with Crippen LogP contribution in [-0.4, -0.2) is 19.6 Å². The van der Waals surface area contributed by atoms with Crippen molar-refractivity contribution in [3.63, 3.8) is 0 Å². The molecule has 11 heavy (non-hydrogen) atoms. The average molecular weight is 180 g/mol. The van der Waals surface area contributed by atoms with E-state index in [1.807, 2.05) is 0 Å². The molecule has 1 saturated carbocycles. The topological polar surface area (TPSA) is 52.3 Å². The molecule has 0 aliphatic heterocycles. The van der Waals surface area contributed by atoms with E-state index in [2.05, 4.69) is 4.74 Å². The molecule has 0 aromatic heterocycles. The maximum Gasteiger partial charge on any atom is 0.308 e. The Balaban J connectivity index is 0.000001000. The molecule has 0 amide bonds. The molecule has 0 saturated heterocycles. The third kappa shape index (κ3) is 2.07. The second-order valence-corrected chi connectivity index (χ2v) is 2.70. The van der Waals surface area contributed by atoms with Gasteiger partial charge >= 0.3 is 5.97 Å². The molecule has 0 aromatic rings. The Morgan fingerprint density at radius 2 is 2.27 bits per heavy atom. The van der Waals surface area contributed by atoms with Crippen LogP contribution in [-0.2, 0) is 9.53 Å². The number of halogens is 1. The van der Waals surface area contributed by atoms with Crippen LogP contribution >= 0.6 is 12.4 Å². The maximum atomic E-state index is 10.9. The molecule has 0 aromatic carbocycles. The van der Waals surface area contributed by atoms with Gasteiger partial charge in [0.15, 0.2) is 0 Å². The van der Waals surface area contributed by atoms with Crippen LogP contribution in [0.3, 0.4) is 0 Å². The first-order valence-electron chi connectivity index (χ1n) is 3.57. The molecule has 0 heterocycles. The predicted molar refractivity (Wildman–Crippen MR) is 44.5 cm³/mol. The standard InChI is InChI=1S/C7H13NO2.ClH/c1-10-7(9)6-3-2-5(6)4-8;/h5-6H,2-4,8H2,1H3;1H/t5-,6-;/m1./s1. The van der Waals surface area contributed by atoms with Gasteiger partial charge in [-0.25, -0.2) is 0 Å². The van der Waals surface area contributed by atoms with E-state index < -0.39 is 0 Å². The van der Waals surface area contributed by atoms with Crippen LogP contribution in [0.2, 0.25) is 0 Å². The van der Waals surface area contributed by atoms with Crippen molar-refractivity contribution in [3.05, 3.63) is 0 Å². The van der Waals surface area contributed by atoms with Crippen LogP contribution in [0.25, 0.3) is 0 Å². The smallest absolute Gasteiger partial charge is 0.308 e. The second kappa shape index (κ2) is 4.57. The van der Waals surface area contributed by atoms with Gasteiger partial charge in [-0.1, -0.05) is 0 Å². The summed E-state index contributed by atoms with van der Waals surface area (Å²) in [7, 11) is 1.42. The number of esters is 1. The molecule has 1 aliphatic carbocycles. The fraction of sp³-hybridized carbons (Fsp3) is 0.857. The predicted octanol–water partition coefficient (Wildman–Crippen LogP) is 0.566. The minimum atomic E-state index is -0.0956. The average Bonchev–Trinajstić information content (AvgIpc) is 1.86. The van der Waals surface area contributed by atoms with Crippen LogP contribution in [0.1, 0.15) is 12.8 Å². The molecular weight excluding hydrogens is 166 g/mol. The van der Waals surface area contributed by atoms with E-state index in [0.717, 1.165) is 12.8 Å². The third-order valence-corrected chi connectivity index (χ3v) is 2.22. The lowest BCUT2D eigenvalue weighted by Gasteiger charge is -2.32. The highest BCUT2D eigenvalue weighted by Gasteiger charge is 2.35. The summed E-state index contributed by atoms with van der Waals surface area (Å²) in [6, 6.07) is 0. The molecule has 4 heteroatoms. The Hall–Kier alpha value is -0.280. The first-order chi connectivity index (χ1) is 4.79. The molecule has 0 bridgehead atoms. The molecule has 2 N–H and O–H groups in total. The van der Waals surface area contributed by atoms with Gasteiger partial charge in [0.1, 0.15) is 0 Å². The molecular formula is C7H14ClNO2. The van der Waals surface area contributed by atoms with E-state index in [1.165, 1.54) is 7.11 Å². The van der Waals surface area contributed by atoms with Gasteiger partial charge in [0.25, 0.3) is 0 Å². The lowest BCUT2D eigenvalue weighted by atomic mass is 9.74. The van der Waals surface area contributed by atoms with Crippen molar-refractivity contribution in [1.29, 1.82) is 0 Å². The van der Waals surface area contributed by atoms with Crippen molar-refractivity contribution in [2.24, 2.45) is 17.6 Å². The second-order valence-electron chi connectivity index (χ2n) is 2.70. The highest BCUT2D eigenvalue weighted by Crippen LogP contribution is 2.33. The molecule has 1 rings (SSSR count). The van der Waals surface area contributed by atoms with Crippen molar-refractivity contribution >= 4 is 18.4 Å². The first-order valence-corrected chi connectivity index (χ1v) is 3.57. The molecule has 1 aliphatic rings. The van der Waals surface area contributed by atoms with Gasteiger partial charge in [-0.2, -0.15) is 0 Å². The Kier molecular flexibility index (Phi) is 4.45. The quantitative estimate of drug-likeness (QED) is 0.631. The van der Waals surface area contributed by atoms with Gasteiger partial charge < -0.3 is 10.5 Å². The zero-order chi connectivity index (χ0) is 7.56. The van der Waals surface area contributed by atoms with Crippen molar-refractivity contribution in [2.45, 2.75) is 12.8 Å². The van der Waals surface area contributed by atoms with Gasteiger partial charge in [0, 0.05) is 0 Å². The van der Waals surface area contributed by atoms with E-state index in [-0.39, 0.29) is 24.3 Å². The Labute approximate surface area is 72.7 Å². The first kappa shape index (κ1) is 10.7. The summed E-state index contributed by atoms with van der Waals surface area (Å²) < 4.78 is 4.59. The number of methoxy groups -OCH3 is 1. The maximum absolute atomic E-state index is 10.9. The van der Waals surface area contributed by atoms with Crippen LogP contribution in [0, 0.1) is 11.8 Å². The molecule has 0 radical (unpaired) electrons. The molecule has 66 valence electrons. The number of carbonyl (C=O) groups excluding carboxylic acids is 1. The Bertz CT molecular complexity index is 138. The minimum absolute atomic E-state index is 0. The van der Waals surface area contributed by atoms with Crippen LogP contribution < -0.4 is 5.73 Å². The van der Waals surface area contributed by atoms with Crippen molar-refractivity contribution in [2.75, 3.05) is 13.7 Å². The molecule has 0 spiro atoms. The number of hydrogen-bond acceptors (Lipinski definition) is 3. The van der Waals surface area contributed by atoms with Crippen LogP contribution in [0.15, 0.2) is 0 Å². The molecule has 1 fully saturated rings. The Morgan fingerprint density at radius 3 is 2.55 bits per heavy atom. The van der Waals surface area contributed by atoms with Crippen LogP contribution in [0.5, 0.6) is 0 Å². The largest absolute Gasteiger partial charge is 0.469 e. The number of rotatable bonds is 2. The third-order valence-electron chi connectivity index (χ3n) is 2.22. The fourth-order valence-electron chi connectivity index (χ4n) is 1.31. The summed E-state index contributed by atoms with van der Waals surface area (Å²) >= 11 is 0. The lowest BCUT2D eigenvalue weighted by molar-refractivity contribution is -0.151. The SMILES string of the molecule is COC(=O)[C@@H]1CC[C@@H]1CN.Cl. The van der Waals surface area contributed by atoms with Crippen LogP contribution in [0.4, 0.5) is 0 Å². The summed E-state index contributed by atoms with van der Waals surface area (Å²) in [5, 5.41) is 0. The molecule has 0 unspecified atom stereocenters. The van der Waals surface area contributed by atoms with Gasteiger partial charge in [-0.3, -0.25) is 4.79 Å². The van der Waals surface area contributed by atoms with Gasteiger partial charge in [-0.15, -0.1) is 12.4 Å². The highest BCUT2D eigenvalue weighted by molar-refractivity contribution is 5.85. The number of carbonyl (C=O) groups is 1. The monoisotopic (exact) mass is 179 g/mol. The highest BCUT2D eigenvalue weighted by atomic mass is 35.5. The van der Waals surface area contributed by atoms with E-state index in [1.54, 1.807) is 0 Å². The van der Waals surface area contributed by atoms with Gasteiger partial charge in [0.2, 0.25) is 0 Å². The van der Waals surface area contributed by atoms with Gasteiger partial charge in [-0.05, 0) is 25.3 Å². The summed E-state index contributed by atoms with van der Waals surface area (Å²) in [5.41, 5.74) is 5.41. The fourth-order valence-corrected chi connectivity index (χ4v) is 1.31. The summed E-state index contributed by atoms with van der Waals surface area (Å²) in [6.07, 6.45) is 2.03. The van der Waals surface area contributed by atoms with E-state index in [4.69, 9.17) is 5.73 Å². The lowest BCUT2D eigenvalue weighted by Crippen LogP contribution is -2.38. The summed E-state index contributed by atoms with van der Waals surface area (Å²) in [5.74, 6) is 0.379. The molecule has 2 atom stereocenters. The van der Waals surface area contributed by atoms with E-state index >= 15 is 0 Å². The molecule has 3 nitrogen and oxygen atoms in total. The van der Waals surface area contributed by atoms with Crippen molar-refractivity contribution < 1.29 is 9.53 Å². The summed E-state index contributed by atoms with van der Waals surface area (Å²) in [6.45, 7) is 0.611. The number of nitrogens with two attached hydrogens (primary N) is 1. The van der Waals surface area contributed by atoms with Crippen molar-refractivity contribution in [3.8, 4) is 0 Å². The summed E-state index contributed by atoms with van der Waals surface area (Å²) in [4.78, 5) is 10.9. The zero-order valence-corrected chi connectivity index (χ0v) is 7.39. The Morgan fingerprint density at radius 1 is 1.64 bits per heavy atom.